The predicted octanol–water partition coefficient (Wildman–Crippen LogP) is 3.35. The molecule has 2 aromatic carbocycles. The van der Waals surface area contributed by atoms with Gasteiger partial charge in [0.2, 0.25) is 0 Å². The number of hydrogen-bond donors (Lipinski definition) is 1. The van der Waals surface area contributed by atoms with Crippen LogP contribution in [0.3, 0.4) is 0 Å². The number of rotatable bonds is 1. The highest BCUT2D eigenvalue weighted by molar-refractivity contribution is 5.75. The maximum Gasteiger partial charge on any atom is 0.190 e. The van der Waals surface area contributed by atoms with Crippen LogP contribution in [0.1, 0.15) is 11.9 Å². The zero-order valence-electron chi connectivity index (χ0n) is 10.8. The molecule has 0 bridgehead atoms. The average Bonchev–Trinajstić information content (AvgIpc) is 2.91. The Morgan fingerprint density at radius 3 is 2.81 bits per heavy atom. The van der Waals surface area contributed by atoms with E-state index in [0.717, 1.165) is 6.07 Å². The summed E-state index contributed by atoms with van der Waals surface area (Å²) < 4.78 is 38.2. The molecular weight excluding hydrogens is 278 g/mol. The first-order chi connectivity index (χ1) is 10.2. The van der Waals surface area contributed by atoms with Crippen molar-refractivity contribution in [3.05, 3.63) is 53.9 Å². The molecule has 1 N–H and O–H groups in total. The number of nitrogens with zero attached hydrogens (tertiary/aromatic N) is 1. The fourth-order valence-corrected chi connectivity index (χ4v) is 2.37. The lowest BCUT2D eigenvalue weighted by Crippen LogP contribution is -2.22. The van der Waals surface area contributed by atoms with Crippen molar-refractivity contribution in [1.82, 2.24) is 9.97 Å². The Kier molecular flexibility index (Phi) is 2.57. The number of imidazole rings is 1. The molecule has 4 nitrogen and oxygen atoms in total. The van der Waals surface area contributed by atoms with Crippen molar-refractivity contribution in [2.75, 3.05) is 6.61 Å². The van der Waals surface area contributed by atoms with E-state index in [2.05, 4.69) is 9.97 Å². The van der Waals surface area contributed by atoms with Crippen LogP contribution in [0.4, 0.5) is 8.78 Å². The second kappa shape index (κ2) is 4.44. The maximum absolute atomic E-state index is 13.7. The second-order valence-corrected chi connectivity index (χ2v) is 4.77. The minimum atomic E-state index is -0.704. The van der Waals surface area contributed by atoms with Gasteiger partial charge in [-0.3, -0.25) is 0 Å². The van der Waals surface area contributed by atoms with Crippen LogP contribution >= 0.6 is 0 Å². The Labute approximate surface area is 118 Å². The van der Waals surface area contributed by atoms with Crippen LogP contribution in [0.15, 0.2) is 36.4 Å². The lowest BCUT2D eigenvalue weighted by Gasteiger charge is -2.24. The van der Waals surface area contributed by atoms with Crippen LogP contribution in [0.5, 0.6) is 11.5 Å². The third-order valence-electron chi connectivity index (χ3n) is 3.34. The number of halogens is 2. The van der Waals surface area contributed by atoms with Gasteiger partial charge in [0.05, 0.1) is 5.52 Å². The summed E-state index contributed by atoms with van der Waals surface area (Å²) in [5, 5.41) is 0. The van der Waals surface area contributed by atoms with Crippen LogP contribution in [-0.2, 0) is 0 Å². The number of H-pyrrole nitrogens is 1. The van der Waals surface area contributed by atoms with Gasteiger partial charge in [-0.15, -0.1) is 0 Å². The van der Waals surface area contributed by atoms with Crippen LogP contribution in [-0.4, -0.2) is 16.6 Å². The summed E-state index contributed by atoms with van der Waals surface area (Å²) in [5.74, 6) is 0.304. The number of hydrogen-bond acceptors (Lipinski definition) is 3. The van der Waals surface area contributed by atoms with E-state index < -0.39 is 17.7 Å². The Bertz CT molecular complexity index is 832. The average molecular weight is 288 g/mol. The summed E-state index contributed by atoms with van der Waals surface area (Å²) in [6, 6.07) is 9.27. The van der Waals surface area contributed by atoms with E-state index in [1.807, 2.05) is 12.1 Å². The molecule has 0 saturated carbocycles. The molecule has 0 fully saturated rings. The lowest BCUT2D eigenvalue weighted by atomic mass is 10.2. The number of benzene rings is 2. The Balaban J connectivity index is 1.73. The van der Waals surface area contributed by atoms with Gasteiger partial charge in [-0.25, -0.2) is 13.8 Å². The highest BCUT2D eigenvalue weighted by Crippen LogP contribution is 2.35. The Morgan fingerprint density at radius 1 is 1.14 bits per heavy atom. The molecule has 106 valence electrons. The van der Waals surface area contributed by atoms with Gasteiger partial charge in [0.1, 0.15) is 17.9 Å². The monoisotopic (exact) mass is 288 g/mol. The molecule has 3 aromatic rings. The van der Waals surface area contributed by atoms with Gasteiger partial charge >= 0.3 is 0 Å². The van der Waals surface area contributed by atoms with Gasteiger partial charge in [0.25, 0.3) is 0 Å². The zero-order valence-corrected chi connectivity index (χ0v) is 10.8. The van der Waals surface area contributed by atoms with Crippen LogP contribution < -0.4 is 9.47 Å². The molecular formula is C15H10F2N2O2. The van der Waals surface area contributed by atoms with Crippen molar-refractivity contribution in [2.24, 2.45) is 0 Å². The summed E-state index contributed by atoms with van der Waals surface area (Å²) in [6.45, 7) is 0.251. The van der Waals surface area contributed by atoms with E-state index in [1.165, 1.54) is 6.07 Å². The molecule has 1 atom stereocenters. The van der Waals surface area contributed by atoms with E-state index in [4.69, 9.17) is 9.47 Å². The summed E-state index contributed by atoms with van der Waals surface area (Å²) in [6.07, 6.45) is -0.491. The molecule has 2 heterocycles. The molecule has 0 amide bonds. The minimum Gasteiger partial charge on any atom is -0.485 e. The van der Waals surface area contributed by atoms with Crippen LogP contribution in [0, 0.1) is 11.6 Å². The molecule has 1 aliphatic rings. The molecule has 4 rings (SSSR count). The zero-order chi connectivity index (χ0) is 14.4. The number of fused-ring (bicyclic) bond motifs is 2. The molecule has 0 saturated heterocycles. The fourth-order valence-electron chi connectivity index (χ4n) is 2.37. The van der Waals surface area contributed by atoms with Gasteiger partial charge in [-0.1, -0.05) is 12.1 Å². The molecule has 1 aliphatic heterocycles. The highest BCUT2D eigenvalue weighted by atomic mass is 19.1. The molecule has 0 spiro atoms. The van der Waals surface area contributed by atoms with Gasteiger partial charge in [0.15, 0.2) is 29.2 Å². The van der Waals surface area contributed by atoms with Crippen molar-refractivity contribution in [3.63, 3.8) is 0 Å². The van der Waals surface area contributed by atoms with E-state index in [-0.39, 0.29) is 12.1 Å². The highest BCUT2D eigenvalue weighted by Gasteiger charge is 2.25. The van der Waals surface area contributed by atoms with Gasteiger partial charge in [-0.05, 0) is 18.2 Å². The molecule has 6 heteroatoms. The first kappa shape index (κ1) is 12.1. The van der Waals surface area contributed by atoms with Crippen LogP contribution in [0.25, 0.3) is 11.0 Å². The number of nitrogens with one attached hydrogen (secondary N) is 1. The number of aromatic nitrogens is 2. The first-order valence-corrected chi connectivity index (χ1v) is 6.44. The maximum atomic E-state index is 13.7. The van der Waals surface area contributed by atoms with Crippen LogP contribution in [0.2, 0.25) is 0 Å². The lowest BCUT2D eigenvalue weighted by molar-refractivity contribution is 0.0859. The second-order valence-electron chi connectivity index (χ2n) is 4.77. The smallest absolute Gasteiger partial charge is 0.190 e. The van der Waals surface area contributed by atoms with E-state index in [1.54, 1.807) is 12.1 Å². The van der Waals surface area contributed by atoms with Gasteiger partial charge in [0, 0.05) is 6.07 Å². The standard InChI is InChI=1S/C15H10F2N2O2/c16-8-5-9(17)14-10(6-8)18-15(19-14)13-7-20-11-3-1-2-4-12(11)21-13/h1-6,13H,7H2,(H,18,19). The quantitative estimate of drug-likeness (QED) is 0.747. The summed E-state index contributed by atoms with van der Waals surface area (Å²) in [4.78, 5) is 7.03. The summed E-state index contributed by atoms with van der Waals surface area (Å²) in [5.41, 5.74) is 0.388. The van der Waals surface area contributed by atoms with E-state index in [9.17, 15) is 8.78 Å². The molecule has 21 heavy (non-hydrogen) atoms. The third-order valence-corrected chi connectivity index (χ3v) is 3.34. The summed E-state index contributed by atoms with van der Waals surface area (Å²) in [7, 11) is 0. The predicted molar refractivity (Wildman–Crippen MR) is 71.3 cm³/mol. The van der Waals surface area contributed by atoms with Crippen molar-refractivity contribution >= 4 is 11.0 Å². The number of aromatic amines is 1. The summed E-state index contributed by atoms with van der Waals surface area (Å²) >= 11 is 0. The van der Waals surface area contributed by atoms with Gasteiger partial charge < -0.3 is 14.5 Å². The molecule has 0 aliphatic carbocycles. The normalized spacial score (nSPS) is 17.1. The number of ether oxygens (including phenoxy) is 2. The molecule has 1 aromatic heterocycles. The first-order valence-electron chi connectivity index (χ1n) is 6.44. The number of para-hydroxylation sites is 2. The van der Waals surface area contributed by atoms with E-state index >= 15 is 0 Å². The molecule has 0 radical (unpaired) electrons. The topological polar surface area (TPSA) is 47.1 Å². The fraction of sp³-hybridized carbons (Fsp3) is 0.133. The van der Waals surface area contributed by atoms with E-state index in [0.29, 0.717) is 22.8 Å². The molecule has 1 unspecified atom stereocenters. The van der Waals surface area contributed by atoms with Crippen molar-refractivity contribution in [3.8, 4) is 11.5 Å². The van der Waals surface area contributed by atoms with Crippen molar-refractivity contribution in [1.29, 1.82) is 0 Å². The Morgan fingerprint density at radius 2 is 1.95 bits per heavy atom. The largest absolute Gasteiger partial charge is 0.485 e. The Hall–Kier alpha value is -2.63. The minimum absolute atomic E-state index is 0.0915. The van der Waals surface area contributed by atoms with Crippen molar-refractivity contribution < 1.29 is 18.3 Å². The third kappa shape index (κ3) is 1.99. The SMILES string of the molecule is Fc1cc(F)c2nc(C3COc4ccccc4O3)[nH]c2c1. The van der Waals surface area contributed by atoms with Crippen molar-refractivity contribution in [2.45, 2.75) is 6.10 Å². The van der Waals surface area contributed by atoms with Gasteiger partial charge in [-0.2, -0.15) is 0 Å².